The number of hydrogen-bond acceptors (Lipinski definition) is 2. The summed E-state index contributed by atoms with van der Waals surface area (Å²) in [4.78, 5) is 25.5. The van der Waals surface area contributed by atoms with Crippen LogP contribution in [0, 0.1) is 5.92 Å². The minimum atomic E-state index is 0.000836. The van der Waals surface area contributed by atoms with Crippen molar-refractivity contribution in [3.8, 4) is 0 Å². The summed E-state index contributed by atoms with van der Waals surface area (Å²) in [5.41, 5.74) is 0. The number of rotatable bonds is 2. The quantitative estimate of drug-likeness (QED) is 0.778. The van der Waals surface area contributed by atoms with E-state index in [0.717, 1.165) is 32.2 Å². The monoisotopic (exact) mass is 266 g/mol. The molecule has 2 rings (SSSR count). The van der Waals surface area contributed by atoms with Gasteiger partial charge in [-0.25, -0.2) is 0 Å². The second-order valence-corrected chi connectivity index (χ2v) is 6.00. The van der Waals surface area contributed by atoms with E-state index in [1.165, 1.54) is 25.7 Å². The molecule has 1 heterocycles. The lowest BCUT2D eigenvalue weighted by Crippen LogP contribution is -2.47. The van der Waals surface area contributed by atoms with E-state index < -0.39 is 0 Å². The molecule has 4 nitrogen and oxygen atoms in total. The Morgan fingerprint density at radius 3 is 2.32 bits per heavy atom. The van der Waals surface area contributed by atoms with Gasteiger partial charge in [0.25, 0.3) is 0 Å². The maximum Gasteiger partial charge on any atom is 0.225 e. The molecular formula is C15H26N2O2. The van der Waals surface area contributed by atoms with Crippen LogP contribution in [-0.2, 0) is 9.59 Å². The topological polar surface area (TPSA) is 49.4 Å². The molecule has 108 valence electrons. The molecule has 19 heavy (non-hydrogen) atoms. The Morgan fingerprint density at radius 1 is 1.00 bits per heavy atom. The SMILES string of the molecule is CC(=O)N1CCCC(C(=O)NC2CCCCCC2)C1. The highest BCUT2D eigenvalue weighted by atomic mass is 16.2. The molecule has 2 amide bonds. The van der Waals surface area contributed by atoms with Crippen molar-refractivity contribution < 1.29 is 9.59 Å². The molecule has 1 atom stereocenters. The van der Waals surface area contributed by atoms with Crippen LogP contribution in [0.15, 0.2) is 0 Å². The highest BCUT2D eigenvalue weighted by Gasteiger charge is 2.28. The lowest BCUT2D eigenvalue weighted by molar-refractivity contribution is -0.134. The first kappa shape index (κ1) is 14.4. The van der Waals surface area contributed by atoms with Crippen LogP contribution in [0.2, 0.25) is 0 Å². The third kappa shape index (κ3) is 4.22. The summed E-state index contributed by atoms with van der Waals surface area (Å²) in [6.45, 7) is 3.00. The number of likely N-dealkylation sites (tertiary alicyclic amines) is 1. The van der Waals surface area contributed by atoms with Crippen LogP contribution in [-0.4, -0.2) is 35.8 Å². The standard InChI is InChI=1S/C15H26N2O2/c1-12(18)17-10-6-7-13(11-17)15(19)16-14-8-4-2-3-5-9-14/h13-14H,2-11H2,1H3,(H,16,19). The summed E-state index contributed by atoms with van der Waals surface area (Å²) in [7, 11) is 0. The summed E-state index contributed by atoms with van der Waals surface area (Å²) in [5, 5.41) is 3.21. The van der Waals surface area contributed by atoms with Crippen LogP contribution in [0.25, 0.3) is 0 Å². The average molecular weight is 266 g/mol. The molecule has 0 bridgehead atoms. The minimum absolute atomic E-state index is 0.000836. The van der Waals surface area contributed by atoms with Crippen molar-refractivity contribution in [2.45, 2.75) is 64.3 Å². The van der Waals surface area contributed by atoms with Crippen molar-refractivity contribution in [1.82, 2.24) is 10.2 Å². The largest absolute Gasteiger partial charge is 0.353 e. The summed E-state index contributed by atoms with van der Waals surface area (Å²) < 4.78 is 0. The summed E-state index contributed by atoms with van der Waals surface area (Å²) in [6, 6.07) is 0.364. The molecule has 1 aliphatic heterocycles. The Hall–Kier alpha value is -1.06. The van der Waals surface area contributed by atoms with Crippen LogP contribution in [0.3, 0.4) is 0 Å². The zero-order valence-electron chi connectivity index (χ0n) is 12.0. The maximum atomic E-state index is 12.3. The Morgan fingerprint density at radius 2 is 1.68 bits per heavy atom. The Balaban J connectivity index is 1.83. The van der Waals surface area contributed by atoms with Crippen LogP contribution >= 0.6 is 0 Å². The molecule has 2 aliphatic rings. The molecule has 1 unspecified atom stereocenters. The number of carbonyl (C=O) groups is 2. The summed E-state index contributed by atoms with van der Waals surface area (Å²) >= 11 is 0. The summed E-state index contributed by atoms with van der Waals surface area (Å²) in [5.74, 6) is 0.255. The van der Waals surface area contributed by atoms with Gasteiger partial charge >= 0.3 is 0 Å². The van der Waals surface area contributed by atoms with Gasteiger partial charge in [-0.2, -0.15) is 0 Å². The van der Waals surface area contributed by atoms with E-state index in [0.29, 0.717) is 12.6 Å². The van der Waals surface area contributed by atoms with Crippen LogP contribution in [0.1, 0.15) is 58.3 Å². The second kappa shape index (κ2) is 6.92. The second-order valence-electron chi connectivity index (χ2n) is 6.00. The van der Waals surface area contributed by atoms with Crippen molar-refractivity contribution in [3.05, 3.63) is 0 Å². The van der Waals surface area contributed by atoms with Gasteiger partial charge in [0.2, 0.25) is 11.8 Å². The Labute approximate surface area is 115 Å². The molecule has 1 saturated heterocycles. The third-order valence-electron chi connectivity index (χ3n) is 4.44. The third-order valence-corrected chi connectivity index (χ3v) is 4.44. The lowest BCUT2D eigenvalue weighted by Gasteiger charge is -2.32. The summed E-state index contributed by atoms with van der Waals surface area (Å²) in [6.07, 6.45) is 9.17. The smallest absolute Gasteiger partial charge is 0.225 e. The van der Waals surface area contributed by atoms with Gasteiger partial charge in [0.1, 0.15) is 0 Å². The first-order valence-corrected chi connectivity index (χ1v) is 7.72. The van der Waals surface area contributed by atoms with Crippen LogP contribution in [0.5, 0.6) is 0 Å². The number of amides is 2. The van der Waals surface area contributed by atoms with Gasteiger partial charge in [-0.3, -0.25) is 9.59 Å². The number of hydrogen-bond donors (Lipinski definition) is 1. The fourth-order valence-electron chi connectivity index (χ4n) is 3.22. The first-order valence-electron chi connectivity index (χ1n) is 7.72. The lowest BCUT2D eigenvalue weighted by atomic mass is 9.96. The fourth-order valence-corrected chi connectivity index (χ4v) is 3.22. The highest BCUT2D eigenvalue weighted by molar-refractivity contribution is 5.80. The van der Waals surface area contributed by atoms with Gasteiger partial charge in [0, 0.05) is 26.1 Å². The van der Waals surface area contributed by atoms with Crippen molar-refractivity contribution in [2.75, 3.05) is 13.1 Å². The van der Waals surface area contributed by atoms with Gasteiger partial charge in [-0.05, 0) is 25.7 Å². The Kier molecular flexibility index (Phi) is 5.23. The number of nitrogens with zero attached hydrogens (tertiary/aromatic N) is 1. The maximum absolute atomic E-state index is 12.3. The van der Waals surface area contributed by atoms with E-state index in [1.807, 2.05) is 0 Å². The van der Waals surface area contributed by atoms with E-state index in [4.69, 9.17) is 0 Å². The van der Waals surface area contributed by atoms with Gasteiger partial charge in [0.05, 0.1) is 5.92 Å². The molecule has 0 radical (unpaired) electrons. The predicted molar refractivity (Wildman–Crippen MR) is 74.6 cm³/mol. The molecule has 1 saturated carbocycles. The zero-order chi connectivity index (χ0) is 13.7. The van der Waals surface area contributed by atoms with E-state index >= 15 is 0 Å². The van der Waals surface area contributed by atoms with Gasteiger partial charge in [0.15, 0.2) is 0 Å². The average Bonchev–Trinajstić information content (AvgIpc) is 2.67. The van der Waals surface area contributed by atoms with Crippen LogP contribution < -0.4 is 5.32 Å². The molecule has 4 heteroatoms. The molecule has 1 aliphatic carbocycles. The van der Waals surface area contributed by atoms with Crippen LogP contribution in [0.4, 0.5) is 0 Å². The Bertz CT molecular complexity index is 322. The van der Waals surface area contributed by atoms with Crippen molar-refractivity contribution in [3.63, 3.8) is 0 Å². The number of carbonyl (C=O) groups excluding carboxylic acids is 2. The molecule has 0 aromatic heterocycles. The number of nitrogens with one attached hydrogen (secondary N) is 1. The van der Waals surface area contributed by atoms with Gasteiger partial charge in [-0.1, -0.05) is 25.7 Å². The van der Waals surface area contributed by atoms with Crippen molar-refractivity contribution in [1.29, 1.82) is 0 Å². The van der Waals surface area contributed by atoms with Gasteiger partial charge < -0.3 is 10.2 Å². The van der Waals surface area contributed by atoms with Gasteiger partial charge in [-0.15, -0.1) is 0 Å². The fraction of sp³-hybridized carbons (Fsp3) is 0.867. The zero-order valence-corrected chi connectivity index (χ0v) is 12.0. The minimum Gasteiger partial charge on any atom is -0.353 e. The molecule has 1 N–H and O–H groups in total. The molecular weight excluding hydrogens is 240 g/mol. The van der Waals surface area contributed by atoms with E-state index in [9.17, 15) is 9.59 Å². The molecule has 2 fully saturated rings. The highest BCUT2D eigenvalue weighted by Crippen LogP contribution is 2.20. The van der Waals surface area contributed by atoms with Crippen molar-refractivity contribution in [2.24, 2.45) is 5.92 Å². The normalized spacial score (nSPS) is 25.7. The molecule has 0 aromatic carbocycles. The van der Waals surface area contributed by atoms with E-state index in [2.05, 4.69) is 5.32 Å². The number of piperidine rings is 1. The van der Waals surface area contributed by atoms with Crippen molar-refractivity contribution >= 4 is 11.8 Å². The van der Waals surface area contributed by atoms with E-state index in [-0.39, 0.29) is 17.7 Å². The first-order chi connectivity index (χ1) is 9.16. The predicted octanol–water partition coefficient (Wildman–Crippen LogP) is 2.08. The molecule has 0 spiro atoms. The van der Waals surface area contributed by atoms with E-state index in [1.54, 1.807) is 11.8 Å². The molecule has 0 aromatic rings.